The van der Waals surface area contributed by atoms with Crippen LogP contribution in [0.5, 0.6) is 0 Å². The van der Waals surface area contributed by atoms with Crippen LogP contribution in [0.1, 0.15) is 0 Å². The minimum absolute atomic E-state index is 0.0348. The molecule has 2 aromatic heterocycles. The van der Waals surface area contributed by atoms with Crippen molar-refractivity contribution in [1.29, 1.82) is 0 Å². The molecule has 0 aliphatic carbocycles. The van der Waals surface area contributed by atoms with E-state index in [1.165, 1.54) is 0 Å². The lowest BCUT2D eigenvalue weighted by Gasteiger charge is -1.94. The quantitative estimate of drug-likeness (QED) is 0.817. The van der Waals surface area contributed by atoms with Gasteiger partial charge in [-0.2, -0.15) is 4.98 Å². The zero-order chi connectivity index (χ0) is 9.26. The Morgan fingerprint density at radius 1 is 1.46 bits per heavy atom. The monoisotopic (exact) mass is 240 g/mol. The van der Waals surface area contributed by atoms with E-state index in [2.05, 4.69) is 35.6 Å². The van der Waals surface area contributed by atoms with Crippen LogP contribution in [-0.2, 0) is 0 Å². The number of nitrogen functional groups attached to an aromatic ring is 1. The molecule has 2 rings (SSSR count). The fourth-order valence-electron chi connectivity index (χ4n) is 0.882. The Labute approximate surface area is 82.1 Å². The summed E-state index contributed by atoms with van der Waals surface area (Å²) in [6.07, 6.45) is 1.65. The maximum atomic E-state index is 5.28. The van der Waals surface area contributed by atoms with Crippen molar-refractivity contribution in [1.82, 2.24) is 15.1 Å². The van der Waals surface area contributed by atoms with Gasteiger partial charge in [-0.05, 0) is 28.1 Å². The highest BCUT2D eigenvalue weighted by molar-refractivity contribution is 9.10. The predicted octanol–water partition coefficient (Wildman–Crippen LogP) is 1.48. The Hall–Kier alpha value is -1.43. The molecule has 0 bridgehead atoms. The van der Waals surface area contributed by atoms with Crippen molar-refractivity contribution in [3.8, 4) is 11.5 Å². The smallest absolute Gasteiger partial charge is 0.319 e. The van der Waals surface area contributed by atoms with E-state index < -0.39 is 0 Å². The first-order chi connectivity index (χ1) is 6.27. The summed E-state index contributed by atoms with van der Waals surface area (Å²) in [7, 11) is 0. The SMILES string of the molecule is Nc1nc(-c2ncccc2Br)no1. The van der Waals surface area contributed by atoms with Gasteiger partial charge >= 0.3 is 6.01 Å². The second-order valence-corrected chi connectivity index (χ2v) is 3.14. The van der Waals surface area contributed by atoms with Crippen LogP contribution < -0.4 is 5.73 Å². The Bertz CT molecular complexity index is 428. The number of nitrogens with two attached hydrogens (primary N) is 1. The number of nitrogens with zero attached hydrogens (tertiary/aromatic N) is 3. The molecule has 5 nitrogen and oxygen atoms in total. The van der Waals surface area contributed by atoms with Crippen LogP contribution in [0.25, 0.3) is 11.5 Å². The topological polar surface area (TPSA) is 77.8 Å². The highest BCUT2D eigenvalue weighted by Gasteiger charge is 2.10. The molecule has 6 heteroatoms. The maximum absolute atomic E-state index is 5.28. The average Bonchev–Trinajstić information content (AvgIpc) is 2.53. The molecule has 0 aliphatic heterocycles. The molecular formula is C7H5BrN4O. The normalized spacial score (nSPS) is 10.2. The van der Waals surface area contributed by atoms with E-state index in [1.54, 1.807) is 12.3 Å². The molecule has 13 heavy (non-hydrogen) atoms. The Balaban J connectivity index is 2.52. The molecule has 0 atom stereocenters. The van der Waals surface area contributed by atoms with Crippen LogP contribution in [0, 0.1) is 0 Å². The molecule has 0 saturated heterocycles. The Morgan fingerprint density at radius 3 is 2.92 bits per heavy atom. The zero-order valence-corrected chi connectivity index (χ0v) is 8.02. The summed E-state index contributed by atoms with van der Waals surface area (Å²) < 4.78 is 5.43. The van der Waals surface area contributed by atoms with Crippen LogP contribution >= 0.6 is 15.9 Å². The van der Waals surface area contributed by atoms with Crippen molar-refractivity contribution in [2.24, 2.45) is 0 Å². The lowest BCUT2D eigenvalue weighted by atomic mass is 10.3. The summed E-state index contributed by atoms with van der Waals surface area (Å²) in [6.45, 7) is 0. The summed E-state index contributed by atoms with van der Waals surface area (Å²) in [5.41, 5.74) is 5.90. The van der Waals surface area contributed by atoms with Crippen molar-refractivity contribution >= 4 is 21.9 Å². The van der Waals surface area contributed by atoms with Gasteiger partial charge in [0.25, 0.3) is 0 Å². The first-order valence-electron chi connectivity index (χ1n) is 3.47. The minimum Gasteiger partial charge on any atom is -0.351 e. The molecule has 0 aromatic carbocycles. The first-order valence-corrected chi connectivity index (χ1v) is 4.27. The summed E-state index contributed by atoms with van der Waals surface area (Å²) in [5, 5.41) is 3.64. The van der Waals surface area contributed by atoms with Gasteiger partial charge in [0.05, 0.1) is 0 Å². The van der Waals surface area contributed by atoms with Crippen molar-refractivity contribution < 1.29 is 4.52 Å². The van der Waals surface area contributed by atoms with E-state index in [0.717, 1.165) is 4.47 Å². The molecule has 2 heterocycles. The molecule has 0 saturated carbocycles. The third-order valence-electron chi connectivity index (χ3n) is 1.41. The molecule has 0 radical (unpaired) electrons. The van der Waals surface area contributed by atoms with Crippen LogP contribution in [0.3, 0.4) is 0 Å². The lowest BCUT2D eigenvalue weighted by molar-refractivity contribution is 0.436. The standard InChI is InChI=1S/C7H5BrN4O/c8-4-2-1-3-10-5(4)6-11-7(9)13-12-6/h1-3H,(H2,9,11,12). The van der Waals surface area contributed by atoms with E-state index in [9.17, 15) is 0 Å². The highest BCUT2D eigenvalue weighted by Crippen LogP contribution is 2.22. The average molecular weight is 241 g/mol. The summed E-state index contributed by atoms with van der Waals surface area (Å²) in [5.74, 6) is 0.380. The fourth-order valence-corrected chi connectivity index (χ4v) is 1.31. The number of pyridine rings is 1. The van der Waals surface area contributed by atoms with Gasteiger partial charge in [-0.25, -0.2) is 0 Å². The van der Waals surface area contributed by atoms with Gasteiger partial charge in [0.1, 0.15) is 5.69 Å². The number of halogens is 1. The molecule has 66 valence electrons. The third kappa shape index (κ3) is 1.52. The Kier molecular flexibility index (Phi) is 1.97. The van der Waals surface area contributed by atoms with Gasteiger partial charge in [-0.3, -0.25) is 4.98 Å². The summed E-state index contributed by atoms with van der Waals surface area (Å²) in [6, 6.07) is 3.68. The van der Waals surface area contributed by atoms with Crippen LogP contribution in [-0.4, -0.2) is 15.1 Å². The van der Waals surface area contributed by atoms with Crippen molar-refractivity contribution in [2.75, 3.05) is 5.73 Å². The van der Waals surface area contributed by atoms with Crippen LogP contribution in [0.4, 0.5) is 6.01 Å². The zero-order valence-electron chi connectivity index (χ0n) is 6.44. The van der Waals surface area contributed by atoms with Gasteiger partial charge in [-0.15, -0.1) is 0 Å². The Morgan fingerprint density at radius 2 is 2.31 bits per heavy atom. The van der Waals surface area contributed by atoms with Gasteiger partial charge in [0, 0.05) is 10.7 Å². The van der Waals surface area contributed by atoms with E-state index in [-0.39, 0.29) is 6.01 Å². The molecule has 2 N–H and O–H groups in total. The maximum Gasteiger partial charge on any atom is 0.319 e. The van der Waals surface area contributed by atoms with Gasteiger partial charge in [-0.1, -0.05) is 5.16 Å². The second kappa shape index (κ2) is 3.14. The van der Waals surface area contributed by atoms with E-state index in [1.807, 2.05) is 6.07 Å². The molecular weight excluding hydrogens is 236 g/mol. The predicted molar refractivity (Wildman–Crippen MR) is 49.6 cm³/mol. The number of aromatic nitrogens is 3. The summed E-state index contributed by atoms with van der Waals surface area (Å²) in [4.78, 5) is 7.92. The number of hydrogen-bond donors (Lipinski definition) is 1. The first kappa shape index (κ1) is 8.18. The van der Waals surface area contributed by atoms with E-state index in [4.69, 9.17) is 5.73 Å². The molecule has 2 aromatic rings. The van der Waals surface area contributed by atoms with Crippen LogP contribution in [0.15, 0.2) is 27.3 Å². The van der Waals surface area contributed by atoms with Crippen molar-refractivity contribution in [2.45, 2.75) is 0 Å². The minimum atomic E-state index is 0.0348. The van der Waals surface area contributed by atoms with E-state index in [0.29, 0.717) is 11.5 Å². The molecule has 0 amide bonds. The van der Waals surface area contributed by atoms with Crippen molar-refractivity contribution in [3.63, 3.8) is 0 Å². The van der Waals surface area contributed by atoms with Gasteiger partial charge in [0.2, 0.25) is 5.82 Å². The van der Waals surface area contributed by atoms with E-state index >= 15 is 0 Å². The number of rotatable bonds is 1. The third-order valence-corrected chi connectivity index (χ3v) is 2.05. The van der Waals surface area contributed by atoms with Gasteiger partial charge in [0.15, 0.2) is 0 Å². The van der Waals surface area contributed by atoms with Gasteiger partial charge < -0.3 is 10.3 Å². The largest absolute Gasteiger partial charge is 0.351 e. The fraction of sp³-hybridized carbons (Fsp3) is 0. The lowest BCUT2D eigenvalue weighted by Crippen LogP contribution is -1.87. The summed E-state index contributed by atoms with van der Waals surface area (Å²) >= 11 is 3.32. The second-order valence-electron chi connectivity index (χ2n) is 2.29. The molecule has 0 unspecified atom stereocenters. The number of hydrogen-bond acceptors (Lipinski definition) is 5. The van der Waals surface area contributed by atoms with Crippen LogP contribution in [0.2, 0.25) is 0 Å². The number of anilines is 1. The molecule has 0 aliphatic rings. The molecule has 0 spiro atoms. The highest BCUT2D eigenvalue weighted by atomic mass is 79.9. The molecule has 0 fully saturated rings. The van der Waals surface area contributed by atoms with Crippen molar-refractivity contribution in [3.05, 3.63) is 22.8 Å².